The second-order valence-corrected chi connectivity index (χ2v) is 5.41. The quantitative estimate of drug-likeness (QED) is 0.778. The molecule has 0 radical (unpaired) electrons. The van der Waals surface area contributed by atoms with Crippen molar-refractivity contribution in [3.05, 3.63) is 27.0 Å². The zero-order valence-electron chi connectivity index (χ0n) is 5.54. The molecule has 0 fully saturated rings. The van der Waals surface area contributed by atoms with Crippen LogP contribution in [-0.2, 0) is 9.05 Å². The van der Waals surface area contributed by atoms with E-state index in [9.17, 15) is 13.2 Å². The highest BCUT2D eigenvalue weighted by Gasteiger charge is 2.11. The van der Waals surface area contributed by atoms with Gasteiger partial charge in [-0.25, -0.2) is 8.42 Å². The van der Waals surface area contributed by atoms with Gasteiger partial charge in [0.05, 0.1) is 0 Å². The fourth-order valence-electron chi connectivity index (χ4n) is 0.617. The molecule has 0 aliphatic carbocycles. The summed E-state index contributed by atoms with van der Waals surface area (Å²) >= 11 is 2.96. The number of nitrogens with one attached hydrogen (secondary N) is 1. The summed E-state index contributed by atoms with van der Waals surface area (Å²) in [5.41, 5.74) is -0.524. The summed E-state index contributed by atoms with van der Waals surface area (Å²) < 4.78 is 21.8. The molecule has 0 atom stereocenters. The Bertz CT molecular complexity index is 452. The van der Waals surface area contributed by atoms with E-state index in [0.29, 0.717) is 4.47 Å². The molecular weight excluding hydrogens is 269 g/mol. The van der Waals surface area contributed by atoms with E-state index in [-0.39, 0.29) is 5.03 Å². The maximum absolute atomic E-state index is 10.7. The van der Waals surface area contributed by atoms with Gasteiger partial charge in [-0.15, -0.1) is 0 Å². The van der Waals surface area contributed by atoms with E-state index < -0.39 is 14.6 Å². The SMILES string of the molecule is O=c1cc(Br)cc(S(=O)(=O)Cl)[nH]1. The minimum Gasteiger partial charge on any atom is -0.312 e. The lowest BCUT2D eigenvalue weighted by atomic mass is 10.5. The van der Waals surface area contributed by atoms with Crippen molar-refractivity contribution in [1.29, 1.82) is 0 Å². The van der Waals surface area contributed by atoms with Crippen molar-refractivity contribution in [3.8, 4) is 0 Å². The largest absolute Gasteiger partial charge is 0.312 e. The second-order valence-electron chi connectivity index (χ2n) is 1.96. The number of hydrogen-bond acceptors (Lipinski definition) is 3. The van der Waals surface area contributed by atoms with Crippen LogP contribution in [0.4, 0.5) is 0 Å². The zero-order valence-corrected chi connectivity index (χ0v) is 8.70. The highest BCUT2D eigenvalue weighted by atomic mass is 79.9. The molecule has 12 heavy (non-hydrogen) atoms. The smallest absolute Gasteiger partial charge is 0.276 e. The van der Waals surface area contributed by atoms with E-state index in [1.807, 2.05) is 0 Å². The first-order valence-corrected chi connectivity index (χ1v) is 5.84. The van der Waals surface area contributed by atoms with Crippen LogP contribution in [-0.4, -0.2) is 13.4 Å². The number of aromatic nitrogens is 1. The molecule has 0 saturated carbocycles. The third-order valence-electron chi connectivity index (χ3n) is 1.05. The Balaban J connectivity index is 3.48. The molecule has 1 rings (SSSR count). The molecule has 0 aliphatic heterocycles. The van der Waals surface area contributed by atoms with Crippen LogP contribution < -0.4 is 5.56 Å². The first kappa shape index (κ1) is 9.76. The second kappa shape index (κ2) is 3.20. The Labute approximate surface area is 81.1 Å². The van der Waals surface area contributed by atoms with Gasteiger partial charge < -0.3 is 4.98 Å². The molecule has 1 aromatic heterocycles. The Kier molecular flexibility index (Phi) is 2.60. The number of aromatic amines is 1. The standard InChI is InChI=1S/C5H3BrClNO3S/c6-3-1-4(9)8-5(2-3)12(7,10)11/h1-2H,(H,8,9). The van der Waals surface area contributed by atoms with Crippen LogP contribution in [0.5, 0.6) is 0 Å². The summed E-state index contributed by atoms with van der Waals surface area (Å²) in [5, 5.41) is -0.316. The normalized spacial score (nSPS) is 11.5. The minimum atomic E-state index is -3.86. The van der Waals surface area contributed by atoms with Crippen LogP contribution >= 0.6 is 26.6 Å². The molecule has 0 aromatic carbocycles. The Hall–Kier alpha value is -0.330. The summed E-state index contributed by atoms with van der Waals surface area (Å²) in [4.78, 5) is 12.8. The van der Waals surface area contributed by atoms with E-state index >= 15 is 0 Å². The van der Waals surface area contributed by atoms with E-state index in [1.165, 1.54) is 12.1 Å². The summed E-state index contributed by atoms with van der Waals surface area (Å²) in [6.07, 6.45) is 0. The van der Waals surface area contributed by atoms with Crippen molar-refractivity contribution >= 4 is 35.7 Å². The predicted molar refractivity (Wildman–Crippen MR) is 47.8 cm³/mol. The summed E-state index contributed by atoms with van der Waals surface area (Å²) in [6, 6.07) is 2.41. The maximum Gasteiger partial charge on any atom is 0.276 e. The lowest BCUT2D eigenvalue weighted by Crippen LogP contribution is -2.08. The summed E-state index contributed by atoms with van der Waals surface area (Å²) in [5.74, 6) is 0. The van der Waals surface area contributed by atoms with E-state index in [2.05, 4.69) is 20.9 Å². The van der Waals surface area contributed by atoms with Gasteiger partial charge in [-0.1, -0.05) is 15.9 Å². The van der Waals surface area contributed by atoms with Gasteiger partial charge in [0.15, 0.2) is 5.03 Å². The maximum atomic E-state index is 10.7. The van der Waals surface area contributed by atoms with Crippen LogP contribution in [0.25, 0.3) is 0 Å². The Morgan fingerprint density at radius 2 is 2.00 bits per heavy atom. The fraction of sp³-hybridized carbons (Fsp3) is 0. The zero-order chi connectivity index (χ0) is 9.35. The van der Waals surface area contributed by atoms with Crippen LogP contribution in [0.3, 0.4) is 0 Å². The molecule has 4 nitrogen and oxygen atoms in total. The molecule has 1 N–H and O–H groups in total. The van der Waals surface area contributed by atoms with Crippen molar-refractivity contribution in [2.75, 3.05) is 0 Å². The number of rotatable bonds is 1. The van der Waals surface area contributed by atoms with Crippen LogP contribution in [0.1, 0.15) is 0 Å². The third-order valence-corrected chi connectivity index (χ3v) is 2.75. The first-order valence-electron chi connectivity index (χ1n) is 2.74. The molecule has 7 heteroatoms. The molecule has 0 bridgehead atoms. The van der Waals surface area contributed by atoms with Gasteiger partial charge in [-0.05, 0) is 6.07 Å². The van der Waals surface area contributed by atoms with Crippen molar-refractivity contribution in [2.24, 2.45) is 0 Å². The molecule has 66 valence electrons. The van der Waals surface area contributed by atoms with E-state index in [1.54, 1.807) is 0 Å². The number of hydrogen-bond donors (Lipinski definition) is 1. The fourth-order valence-corrected chi connectivity index (χ4v) is 1.95. The van der Waals surface area contributed by atoms with Gasteiger partial charge in [0.25, 0.3) is 9.05 Å². The van der Waals surface area contributed by atoms with Gasteiger partial charge in [0, 0.05) is 21.2 Å². The molecule has 1 aromatic rings. The number of pyridine rings is 1. The molecular formula is C5H3BrClNO3S. The molecule has 1 heterocycles. The summed E-state index contributed by atoms with van der Waals surface area (Å²) in [6.45, 7) is 0. The first-order chi connectivity index (χ1) is 5.39. The van der Waals surface area contributed by atoms with Gasteiger partial charge in [-0.3, -0.25) is 4.79 Å². The lowest BCUT2D eigenvalue weighted by molar-refractivity contribution is 0.605. The van der Waals surface area contributed by atoms with Gasteiger partial charge in [0.1, 0.15) is 0 Å². The van der Waals surface area contributed by atoms with E-state index in [4.69, 9.17) is 10.7 Å². The van der Waals surface area contributed by atoms with Crippen molar-refractivity contribution < 1.29 is 8.42 Å². The number of H-pyrrole nitrogens is 1. The third kappa shape index (κ3) is 2.33. The van der Waals surface area contributed by atoms with Gasteiger partial charge in [-0.2, -0.15) is 0 Å². The molecule has 0 aliphatic rings. The van der Waals surface area contributed by atoms with Crippen LogP contribution in [0.2, 0.25) is 0 Å². The Morgan fingerprint density at radius 1 is 1.42 bits per heavy atom. The molecule has 0 amide bonds. The predicted octanol–water partition coefficient (Wildman–Crippen LogP) is 1.06. The topological polar surface area (TPSA) is 67.0 Å². The van der Waals surface area contributed by atoms with Crippen molar-refractivity contribution in [3.63, 3.8) is 0 Å². The number of halogens is 2. The van der Waals surface area contributed by atoms with E-state index in [0.717, 1.165) is 0 Å². The lowest BCUT2D eigenvalue weighted by Gasteiger charge is -1.95. The average molecular weight is 273 g/mol. The van der Waals surface area contributed by atoms with Crippen molar-refractivity contribution in [1.82, 2.24) is 4.98 Å². The average Bonchev–Trinajstić information content (AvgIpc) is 1.82. The highest BCUT2D eigenvalue weighted by molar-refractivity contribution is 9.10. The van der Waals surface area contributed by atoms with Gasteiger partial charge in [0.2, 0.25) is 5.56 Å². The minimum absolute atomic E-state index is 0.316. The Morgan fingerprint density at radius 3 is 2.42 bits per heavy atom. The van der Waals surface area contributed by atoms with Gasteiger partial charge >= 0.3 is 0 Å². The monoisotopic (exact) mass is 271 g/mol. The van der Waals surface area contributed by atoms with Crippen molar-refractivity contribution in [2.45, 2.75) is 5.03 Å². The molecule has 0 saturated heterocycles. The highest BCUT2D eigenvalue weighted by Crippen LogP contribution is 2.14. The van der Waals surface area contributed by atoms with Crippen LogP contribution in [0, 0.1) is 0 Å². The van der Waals surface area contributed by atoms with Crippen LogP contribution in [0.15, 0.2) is 26.4 Å². The molecule has 0 unspecified atom stereocenters. The molecule has 0 spiro atoms. The summed E-state index contributed by atoms with van der Waals surface area (Å²) in [7, 11) is 1.12.